The summed E-state index contributed by atoms with van der Waals surface area (Å²) in [5, 5.41) is 27.3. The van der Waals surface area contributed by atoms with E-state index in [1.54, 1.807) is 29.9 Å². The zero-order valence-electron chi connectivity index (χ0n) is 15.7. The van der Waals surface area contributed by atoms with Gasteiger partial charge in [-0.1, -0.05) is 11.6 Å². The standard InChI is InChI=1S/C19H18ClFN6O2/c1-10(27-18(19(23)29)7-17(25-27)11(2)28)9-26-4-3-16(24-26)12-5-14(20)13(8-22)15(21)6-12/h3-7,10-11,28H,9H2,1-2H3,(H2,23,29)/t10-,11?/m0/s1. The van der Waals surface area contributed by atoms with Crippen molar-refractivity contribution in [2.24, 2.45) is 5.73 Å². The average Bonchev–Trinajstić information content (AvgIpc) is 3.28. The van der Waals surface area contributed by atoms with E-state index in [-0.39, 0.29) is 22.3 Å². The third-order valence-electron chi connectivity index (χ3n) is 4.39. The fourth-order valence-electron chi connectivity index (χ4n) is 2.93. The van der Waals surface area contributed by atoms with Crippen LogP contribution in [0.15, 0.2) is 30.5 Å². The minimum Gasteiger partial charge on any atom is -0.387 e. The van der Waals surface area contributed by atoms with Crippen LogP contribution in [-0.4, -0.2) is 30.6 Å². The molecule has 2 aromatic heterocycles. The summed E-state index contributed by atoms with van der Waals surface area (Å²) in [6, 6.07) is 7.23. The number of hydrogen-bond donors (Lipinski definition) is 2. The Morgan fingerprint density at radius 2 is 2.10 bits per heavy atom. The smallest absolute Gasteiger partial charge is 0.267 e. The maximum absolute atomic E-state index is 14.0. The number of nitrogens with zero attached hydrogens (tertiary/aromatic N) is 5. The van der Waals surface area contributed by atoms with Crippen molar-refractivity contribution in [3.63, 3.8) is 0 Å². The summed E-state index contributed by atoms with van der Waals surface area (Å²) in [6.45, 7) is 3.71. The van der Waals surface area contributed by atoms with E-state index in [1.807, 2.05) is 6.92 Å². The molecule has 1 amide bonds. The van der Waals surface area contributed by atoms with Gasteiger partial charge in [0.05, 0.1) is 35.1 Å². The van der Waals surface area contributed by atoms with Crippen LogP contribution in [0.3, 0.4) is 0 Å². The Bertz CT molecular complexity index is 1090. The molecule has 150 valence electrons. The van der Waals surface area contributed by atoms with Crippen molar-refractivity contribution >= 4 is 17.5 Å². The van der Waals surface area contributed by atoms with Gasteiger partial charge in [-0.05, 0) is 38.1 Å². The summed E-state index contributed by atoms with van der Waals surface area (Å²) in [7, 11) is 0. The van der Waals surface area contributed by atoms with E-state index >= 15 is 0 Å². The normalized spacial score (nSPS) is 13.1. The number of halogens is 2. The molecule has 0 aliphatic heterocycles. The molecule has 8 nitrogen and oxygen atoms in total. The third-order valence-corrected chi connectivity index (χ3v) is 4.69. The van der Waals surface area contributed by atoms with Crippen molar-refractivity contribution in [1.82, 2.24) is 19.6 Å². The highest BCUT2D eigenvalue weighted by molar-refractivity contribution is 6.32. The summed E-state index contributed by atoms with van der Waals surface area (Å²) in [5.41, 5.74) is 6.64. The van der Waals surface area contributed by atoms with Crippen molar-refractivity contribution in [2.45, 2.75) is 32.5 Å². The van der Waals surface area contributed by atoms with Gasteiger partial charge in [0.25, 0.3) is 5.91 Å². The van der Waals surface area contributed by atoms with Gasteiger partial charge >= 0.3 is 0 Å². The van der Waals surface area contributed by atoms with Crippen LogP contribution in [0.2, 0.25) is 5.02 Å². The number of aliphatic hydroxyl groups is 1. The molecule has 0 aliphatic carbocycles. The molecule has 0 radical (unpaired) electrons. The highest BCUT2D eigenvalue weighted by Crippen LogP contribution is 2.27. The average molecular weight is 417 g/mol. The maximum Gasteiger partial charge on any atom is 0.267 e. The Kier molecular flexibility index (Phi) is 5.68. The molecule has 10 heteroatoms. The number of hydrogen-bond acceptors (Lipinski definition) is 5. The number of nitrogens with two attached hydrogens (primary N) is 1. The molecule has 0 saturated carbocycles. The first-order valence-electron chi connectivity index (χ1n) is 8.71. The Labute approximate surface area is 170 Å². The van der Waals surface area contributed by atoms with Gasteiger partial charge in [-0.3, -0.25) is 14.2 Å². The Morgan fingerprint density at radius 3 is 2.69 bits per heavy atom. The zero-order valence-corrected chi connectivity index (χ0v) is 16.4. The van der Waals surface area contributed by atoms with Gasteiger partial charge in [-0.15, -0.1) is 0 Å². The molecular formula is C19H18ClFN6O2. The zero-order chi connectivity index (χ0) is 21.3. The van der Waals surface area contributed by atoms with Crippen molar-refractivity contribution in [3.05, 3.63) is 58.3 Å². The summed E-state index contributed by atoms with van der Waals surface area (Å²) in [6.07, 6.45) is 0.854. The molecule has 0 bridgehead atoms. The van der Waals surface area contributed by atoms with E-state index in [0.29, 0.717) is 23.5 Å². The van der Waals surface area contributed by atoms with Crippen molar-refractivity contribution in [3.8, 4) is 17.3 Å². The lowest BCUT2D eigenvalue weighted by Crippen LogP contribution is -2.22. The van der Waals surface area contributed by atoms with Crippen LogP contribution in [0.25, 0.3) is 11.3 Å². The highest BCUT2D eigenvalue weighted by atomic mass is 35.5. The number of carbonyl (C=O) groups is 1. The first kappa shape index (κ1) is 20.5. The van der Waals surface area contributed by atoms with Crippen LogP contribution in [-0.2, 0) is 6.54 Å². The molecule has 3 aromatic rings. The molecular weight excluding hydrogens is 399 g/mol. The number of benzene rings is 1. The number of carbonyl (C=O) groups excluding carboxylic acids is 1. The number of amides is 1. The second-order valence-electron chi connectivity index (χ2n) is 6.64. The molecule has 0 spiro atoms. The van der Waals surface area contributed by atoms with E-state index < -0.39 is 17.8 Å². The highest BCUT2D eigenvalue weighted by Gasteiger charge is 2.20. The van der Waals surface area contributed by atoms with Gasteiger partial charge in [0, 0.05) is 11.8 Å². The number of aliphatic hydroxyl groups excluding tert-OH is 1. The quantitative estimate of drug-likeness (QED) is 0.639. The first-order valence-corrected chi connectivity index (χ1v) is 9.09. The minimum absolute atomic E-state index is 0.0127. The Balaban J connectivity index is 1.86. The molecule has 3 N–H and O–H groups in total. The fourth-order valence-corrected chi connectivity index (χ4v) is 3.18. The molecule has 2 heterocycles. The fraction of sp³-hybridized carbons (Fsp3) is 0.263. The van der Waals surface area contributed by atoms with Crippen LogP contribution < -0.4 is 5.73 Å². The van der Waals surface area contributed by atoms with Gasteiger partial charge < -0.3 is 10.8 Å². The van der Waals surface area contributed by atoms with Gasteiger partial charge in [0.1, 0.15) is 23.1 Å². The number of rotatable bonds is 6. The van der Waals surface area contributed by atoms with Crippen LogP contribution in [0, 0.1) is 17.1 Å². The van der Waals surface area contributed by atoms with E-state index in [1.165, 1.54) is 22.9 Å². The molecule has 1 unspecified atom stereocenters. The molecule has 29 heavy (non-hydrogen) atoms. The summed E-state index contributed by atoms with van der Waals surface area (Å²) >= 11 is 5.96. The van der Waals surface area contributed by atoms with E-state index in [0.717, 1.165) is 0 Å². The van der Waals surface area contributed by atoms with E-state index in [2.05, 4.69) is 10.2 Å². The largest absolute Gasteiger partial charge is 0.387 e. The second kappa shape index (κ2) is 8.03. The maximum atomic E-state index is 14.0. The summed E-state index contributed by atoms with van der Waals surface area (Å²) < 4.78 is 17.1. The summed E-state index contributed by atoms with van der Waals surface area (Å²) in [5.74, 6) is -1.37. The predicted octanol–water partition coefficient (Wildman–Crippen LogP) is 2.82. The molecule has 0 saturated heterocycles. The van der Waals surface area contributed by atoms with Crippen LogP contribution in [0.1, 0.15) is 47.7 Å². The van der Waals surface area contributed by atoms with Crippen LogP contribution in [0.5, 0.6) is 0 Å². The molecule has 1 aromatic carbocycles. The van der Waals surface area contributed by atoms with E-state index in [9.17, 15) is 14.3 Å². The lowest BCUT2D eigenvalue weighted by Gasteiger charge is -2.14. The summed E-state index contributed by atoms with van der Waals surface area (Å²) in [4.78, 5) is 11.7. The molecule has 3 rings (SSSR count). The van der Waals surface area contributed by atoms with Gasteiger partial charge in [0.2, 0.25) is 0 Å². The number of primary amides is 1. The van der Waals surface area contributed by atoms with Crippen molar-refractivity contribution in [1.29, 1.82) is 5.26 Å². The predicted molar refractivity (Wildman–Crippen MR) is 103 cm³/mol. The Hall–Kier alpha value is -3.22. The Morgan fingerprint density at radius 1 is 1.38 bits per heavy atom. The lowest BCUT2D eigenvalue weighted by atomic mass is 10.1. The minimum atomic E-state index is -0.839. The van der Waals surface area contributed by atoms with Crippen LogP contribution >= 0.6 is 11.6 Å². The molecule has 2 atom stereocenters. The van der Waals surface area contributed by atoms with Gasteiger partial charge in [-0.25, -0.2) is 4.39 Å². The topological polar surface area (TPSA) is 123 Å². The first-order chi connectivity index (χ1) is 13.7. The van der Waals surface area contributed by atoms with Crippen molar-refractivity contribution in [2.75, 3.05) is 0 Å². The monoisotopic (exact) mass is 416 g/mol. The van der Waals surface area contributed by atoms with Crippen molar-refractivity contribution < 1.29 is 14.3 Å². The van der Waals surface area contributed by atoms with E-state index in [4.69, 9.17) is 22.6 Å². The lowest BCUT2D eigenvalue weighted by molar-refractivity contribution is 0.0987. The third kappa shape index (κ3) is 4.13. The SMILES string of the molecule is CC(O)c1cc(C(N)=O)n([C@@H](C)Cn2ccc(-c3cc(F)c(C#N)c(Cl)c3)n2)n1. The van der Waals surface area contributed by atoms with Gasteiger partial charge in [-0.2, -0.15) is 15.5 Å². The van der Waals surface area contributed by atoms with Gasteiger partial charge in [0.15, 0.2) is 0 Å². The molecule has 0 aliphatic rings. The van der Waals surface area contributed by atoms with Crippen LogP contribution in [0.4, 0.5) is 4.39 Å². The molecule has 0 fully saturated rings. The second-order valence-corrected chi connectivity index (χ2v) is 7.05. The number of nitriles is 1. The number of aromatic nitrogens is 4.